The first-order valence-corrected chi connectivity index (χ1v) is 9.34. The van der Waals surface area contributed by atoms with Crippen LogP contribution in [0.5, 0.6) is 11.5 Å². The summed E-state index contributed by atoms with van der Waals surface area (Å²) >= 11 is 0. The summed E-state index contributed by atoms with van der Waals surface area (Å²) in [4.78, 5) is 2.36. The Labute approximate surface area is 163 Å². The van der Waals surface area contributed by atoms with Gasteiger partial charge in [-0.05, 0) is 55.0 Å². The molecule has 1 atom stereocenters. The topological polar surface area (TPSA) is 74.3 Å². The largest absolute Gasteiger partial charge is 0.494 e. The van der Waals surface area contributed by atoms with Crippen molar-refractivity contribution in [2.75, 3.05) is 39.5 Å². The van der Waals surface area contributed by atoms with Crippen LogP contribution >= 0.6 is 0 Å². The van der Waals surface area contributed by atoms with Crippen LogP contribution in [-0.2, 0) is 0 Å². The SMILES string of the molecule is O/N=C(\c1ccc(OCCCN2CC2)cc1)c1ccc(OCC(O)CF)cc1. The van der Waals surface area contributed by atoms with E-state index in [-0.39, 0.29) is 6.61 Å². The smallest absolute Gasteiger partial charge is 0.119 e. The lowest BCUT2D eigenvalue weighted by atomic mass is 10.0. The summed E-state index contributed by atoms with van der Waals surface area (Å²) in [5.74, 6) is 1.28. The molecule has 150 valence electrons. The highest BCUT2D eigenvalue weighted by Gasteiger charge is 2.15. The van der Waals surface area contributed by atoms with E-state index >= 15 is 0 Å². The van der Waals surface area contributed by atoms with Crippen molar-refractivity contribution in [3.05, 3.63) is 59.7 Å². The van der Waals surface area contributed by atoms with E-state index < -0.39 is 12.8 Å². The van der Waals surface area contributed by atoms with Gasteiger partial charge in [0.1, 0.15) is 36.6 Å². The molecule has 2 N–H and O–H groups in total. The Hall–Kier alpha value is -2.64. The van der Waals surface area contributed by atoms with Gasteiger partial charge in [-0.2, -0.15) is 0 Å². The van der Waals surface area contributed by atoms with Gasteiger partial charge in [0.15, 0.2) is 0 Å². The van der Waals surface area contributed by atoms with Crippen molar-refractivity contribution >= 4 is 5.71 Å². The molecule has 7 heteroatoms. The summed E-state index contributed by atoms with van der Waals surface area (Å²) in [6.45, 7) is 3.18. The van der Waals surface area contributed by atoms with Crippen molar-refractivity contribution in [3.63, 3.8) is 0 Å². The fourth-order valence-electron chi connectivity index (χ4n) is 2.71. The second-order valence-electron chi connectivity index (χ2n) is 6.66. The Bertz CT molecular complexity index is 761. The van der Waals surface area contributed by atoms with Gasteiger partial charge in [-0.15, -0.1) is 0 Å². The Morgan fingerprint density at radius 3 is 2.07 bits per heavy atom. The molecule has 28 heavy (non-hydrogen) atoms. The number of rotatable bonds is 11. The van der Waals surface area contributed by atoms with Crippen molar-refractivity contribution < 1.29 is 24.2 Å². The summed E-state index contributed by atoms with van der Waals surface area (Å²) in [7, 11) is 0. The molecule has 1 saturated heterocycles. The number of aliphatic hydroxyl groups is 1. The molecule has 1 heterocycles. The standard InChI is InChI=1S/C21H25FN2O4/c22-14-18(25)15-28-20-8-4-17(5-9-20)21(23-26)16-2-6-19(7-3-16)27-13-1-10-24-11-12-24/h2-9,18,25-26H,1,10-15H2/b23-21+. The first-order chi connectivity index (χ1) is 13.7. The maximum Gasteiger partial charge on any atom is 0.119 e. The summed E-state index contributed by atoms with van der Waals surface area (Å²) < 4.78 is 23.3. The third-order valence-electron chi connectivity index (χ3n) is 4.40. The van der Waals surface area contributed by atoms with Gasteiger partial charge < -0.3 is 24.7 Å². The van der Waals surface area contributed by atoms with E-state index in [1.54, 1.807) is 24.3 Å². The number of alkyl halides is 1. The van der Waals surface area contributed by atoms with E-state index in [2.05, 4.69) is 10.1 Å². The Kier molecular flexibility index (Phi) is 7.22. The minimum atomic E-state index is -1.14. The number of nitrogens with zero attached hydrogens (tertiary/aromatic N) is 2. The lowest BCUT2D eigenvalue weighted by Crippen LogP contribution is -2.19. The van der Waals surface area contributed by atoms with E-state index in [0.29, 0.717) is 23.6 Å². The van der Waals surface area contributed by atoms with E-state index in [4.69, 9.17) is 9.47 Å². The van der Waals surface area contributed by atoms with E-state index in [0.717, 1.165) is 24.3 Å². The third kappa shape index (κ3) is 5.94. The predicted octanol–water partition coefficient (Wildman–Crippen LogP) is 2.71. The van der Waals surface area contributed by atoms with Crippen LogP contribution < -0.4 is 9.47 Å². The molecule has 1 fully saturated rings. The number of benzene rings is 2. The molecule has 0 radical (unpaired) electrons. The first kappa shape index (κ1) is 20.1. The normalized spacial score (nSPS) is 15.3. The maximum absolute atomic E-state index is 12.3. The van der Waals surface area contributed by atoms with Crippen LogP contribution in [0.2, 0.25) is 0 Å². The van der Waals surface area contributed by atoms with Gasteiger partial charge in [-0.1, -0.05) is 5.16 Å². The van der Waals surface area contributed by atoms with Crippen LogP contribution in [0.25, 0.3) is 0 Å². The molecule has 6 nitrogen and oxygen atoms in total. The Morgan fingerprint density at radius 2 is 1.57 bits per heavy atom. The van der Waals surface area contributed by atoms with Gasteiger partial charge in [0.05, 0.1) is 6.61 Å². The van der Waals surface area contributed by atoms with Crippen molar-refractivity contribution in [1.82, 2.24) is 4.90 Å². The molecule has 2 aromatic carbocycles. The number of hydrogen-bond donors (Lipinski definition) is 2. The fourth-order valence-corrected chi connectivity index (χ4v) is 2.71. The average molecular weight is 388 g/mol. The van der Waals surface area contributed by atoms with Crippen LogP contribution in [0.1, 0.15) is 17.5 Å². The summed E-state index contributed by atoms with van der Waals surface area (Å²) in [5.41, 5.74) is 1.87. The van der Waals surface area contributed by atoms with E-state index in [9.17, 15) is 14.7 Å². The second-order valence-corrected chi connectivity index (χ2v) is 6.66. The zero-order valence-electron chi connectivity index (χ0n) is 15.6. The minimum absolute atomic E-state index is 0.115. The number of oxime groups is 1. The van der Waals surface area contributed by atoms with Crippen molar-refractivity contribution in [3.8, 4) is 11.5 Å². The molecule has 0 aromatic heterocycles. The minimum Gasteiger partial charge on any atom is -0.494 e. The highest BCUT2D eigenvalue weighted by atomic mass is 19.1. The van der Waals surface area contributed by atoms with Gasteiger partial charge in [0.2, 0.25) is 0 Å². The van der Waals surface area contributed by atoms with Crippen LogP contribution in [-0.4, -0.2) is 66.6 Å². The molecular weight excluding hydrogens is 363 g/mol. The molecule has 0 aliphatic carbocycles. The highest BCUT2D eigenvalue weighted by molar-refractivity contribution is 6.12. The summed E-state index contributed by atoms with van der Waals surface area (Å²) in [6, 6.07) is 14.2. The number of hydrogen-bond acceptors (Lipinski definition) is 6. The van der Waals surface area contributed by atoms with Crippen molar-refractivity contribution in [2.24, 2.45) is 5.16 Å². The van der Waals surface area contributed by atoms with Crippen molar-refractivity contribution in [1.29, 1.82) is 0 Å². The van der Waals surface area contributed by atoms with Crippen LogP contribution in [0.4, 0.5) is 4.39 Å². The quantitative estimate of drug-likeness (QED) is 0.204. The molecule has 2 aromatic rings. The first-order valence-electron chi connectivity index (χ1n) is 9.34. The van der Waals surface area contributed by atoms with Crippen LogP contribution in [0.15, 0.2) is 53.7 Å². The van der Waals surface area contributed by atoms with Gasteiger partial charge >= 0.3 is 0 Å². The zero-order chi connectivity index (χ0) is 19.8. The summed E-state index contributed by atoms with van der Waals surface area (Å²) in [5, 5.41) is 22.1. The summed E-state index contributed by atoms with van der Waals surface area (Å²) in [6.07, 6.45) is -0.136. The van der Waals surface area contributed by atoms with Crippen molar-refractivity contribution in [2.45, 2.75) is 12.5 Å². The predicted molar refractivity (Wildman–Crippen MR) is 104 cm³/mol. The molecule has 1 aliphatic heterocycles. The second kappa shape index (κ2) is 10.1. The van der Waals surface area contributed by atoms with Gasteiger partial charge in [-0.25, -0.2) is 4.39 Å². The maximum atomic E-state index is 12.3. The lowest BCUT2D eigenvalue weighted by molar-refractivity contribution is 0.0842. The number of aliphatic hydroxyl groups excluding tert-OH is 1. The van der Waals surface area contributed by atoms with Gasteiger partial charge in [0, 0.05) is 30.8 Å². The molecular formula is C21H25FN2O4. The fraction of sp³-hybridized carbons (Fsp3) is 0.381. The molecule has 0 amide bonds. The zero-order valence-corrected chi connectivity index (χ0v) is 15.6. The highest BCUT2D eigenvalue weighted by Crippen LogP contribution is 2.19. The average Bonchev–Trinajstić information content (AvgIpc) is 3.56. The monoisotopic (exact) mass is 388 g/mol. The van der Waals surface area contributed by atoms with Gasteiger partial charge in [-0.3, -0.25) is 0 Å². The molecule has 0 spiro atoms. The number of ether oxygens (including phenoxy) is 2. The molecule has 0 bridgehead atoms. The molecule has 3 rings (SSSR count). The molecule has 0 saturated carbocycles. The molecule has 1 aliphatic rings. The van der Waals surface area contributed by atoms with Crippen LogP contribution in [0, 0.1) is 0 Å². The van der Waals surface area contributed by atoms with Gasteiger partial charge in [0.25, 0.3) is 0 Å². The lowest BCUT2D eigenvalue weighted by Gasteiger charge is -2.11. The van der Waals surface area contributed by atoms with Crippen LogP contribution in [0.3, 0.4) is 0 Å². The molecule has 1 unspecified atom stereocenters. The van der Waals surface area contributed by atoms with E-state index in [1.807, 2.05) is 24.3 Å². The van der Waals surface area contributed by atoms with E-state index in [1.165, 1.54) is 13.1 Å². The number of halogens is 1. The Balaban J connectivity index is 1.56. The Morgan fingerprint density at radius 1 is 1.00 bits per heavy atom. The third-order valence-corrected chi connectivity index (χ3v) is 4.40.